The number of anilines is 2. The van der Waals surface area contributed by atoms with Crippen molar-refractivity contribution in [3.8, 4) is 0 Å². The molecule has 0 saturated heterocycles. The molecule has 1 amide bonds. The molecule has 0 radical (unpaired) electrons. The molecule has 1 aromatic carbocycles. The molecule has 142 valence electrons. The molecule has 0 unspecified atom stereocenters. The molecule has 2 heterocycles. The number of amides is 1. The number of methoxy groups -OCH3 is 1. The zero-order valence-electron chi connectivity index (χ0n) is 14.8. The summed E-state index contributed by atoms with van der Waals surface area (Å²) in [6.07, 6.45) is 4.57. The highest BCUT2D eigenvalue weighted by Crippen LogP contribution is 2.26. The summed E-state index contributed by atoms with van der Waals surface area (Å²) in [5.41, 5.74) is 1.89. The fourth-order valence-electron chi connectivity index (χ4n) is 2.33. The maximum atomic E-state index is 12.3. The topological polar surface area (TPSA) is 106 Å². The molecule has 0 atom stereocenters. The molecule has 0 aliphatic rings. The minimum absolute atomic E-state index is 0.187. The molecule has 9 heteroatoms. The number of esters is 1. The first-order valence-electron chi connectivity index (χ1n) is 8.21. The Morgan fingerprint density at radius 1 is 1.11 bits per heavy atom. The van der Waals surface area contributed by atoms with Crippen LogP contribution in [0.25, 0.3) is 0 Å². The highest BCUT2D eigenvalue weighted by Gasteiger charge is 2.12. The second-order valence-corrected chi connectivity index (χ2v) is 6.05. The first-order valence-corrected chi connectivity index (χ1v) is 8.58. The maximum Gasteiger partial charge on any atom is 0.337 e. The Kier molecular flexibility index (Phi) is 6.13. The monoisotopic (exact) mass is 397 g/mol. The number of nitrogens with one attached hydrogen (secondary N) is 2. The molecule has 0 bridgehead atoms. The first-order chi connectivity index (χ1) is 13.6. The van der Waals surface area contributed by atoms with Crippen molar-refractivity contribution >= 4 is 35.0 Å². The largest absolute Gasteiger partial charge is 0.465 e. The summed E-state index contributed by atoms with van der Waals surface area (Å²) in [7, 11) is 1.30. The standard InChI is InChI=1S/C19H16ClN5O3/c1-28-19(27)13-2-3-14(20)15(8-13)25-17-9-16(23-11-24-17)18(26)22-10-12-4-6-21-7-5-12/h2-9,11H,10H2,1H3,(H,22,26)(H,23,24,25). The van der Waals surface area contributed by atoms with E-state index < -0.39 is 5.97 Å². The van der Waals surface area contributed by atoms with E-state index in [0.717, 1.165) is 5.56 Å². The van der Waals surface area contributed by atoms with Crippen molar-refractivity contribution in [3.63, 3.8) is 0 Å². The number of nitrogens with zero attached hydrogens (tertiary/aromatic N) is 3. The van der Waals surface area contributed by atoms with Crippen molar-refractivity contribution in [1.82, 2.24) is 20.3 Å². The molecule has 0 fully saturated rings. The minimum atomic E-state index is -0.487. The van der Waals surface area contributed by atoms with E-state index in [1.165, 1.54) is 19.5 Å². The number of ether oxygens (including phenoxy) is 1. The van der Waals surface area contributed by atoms with Gasteiger partial charge in [-0.1, -0.05) is 11.6 Å². The lowest BCUT2D eigenvalue weighted by Crippen LogP contribution is -2.24. The van der Waals surface area contributed by atoms with Crippen LogP contribution in [0, 0.1) is 0 Å². The van der Waals surface area contributed by atoms with Crippen molar-refractivity contribution in [2.75, 3.05) is 12.4 Å². The van der Waals surface area contributed by atoms with Crippen molar-refractivity contribution in [1.29, 1.82) is 0 Å². The number of pyridine rings is 1. The number of carbonyl (C=O) groups is 2. The average molecular weight is 398 g/mol. The van der Waals surface area contributed by atoms with Gasteiger partial charge in [0.05, 0.1) is 23.4 Å². The van der Waals surface area contributed by atoms with Crippen LogP contribution in [0.15, 0.2) is 55.1 Å². The van der Waals surface area contributed by atoms with Gasteiger partial charge in [0.2, 0.25) is 0 Å². The second-order valence-electron chi connectivity index (χ2n) is 5.64. The molecular weight excluding hydrogens is 382 g/mol. The highest BCUT2D eigenvalue weighted by atomic mass is 35.5. The number of halogens is 1. The minimum Gasteiger partial charge on any atom is -0.465 e. The van der Waals surface area contributed by atoms with Gasteiger partial charge in [0.25, 0.3) is 5.91 Å². The molecule has 3 rings (SSSR count). The van der Waals surface area contributed by atoms with Crippen LogP contribution in [0.4, 0.5) is 11.5 Å². The third-order valence-corrected chi connectivity index (χ3v) is 4.08. The van der Waals surface area contributed by atoms with Crippen LogP contribution < -0.4 is 10.6 Å². The van der Waals surface area contributed by atoms with Crippen LogP contribution in [-0.4, -0.2) is 33.9 Å². The number of hydrogen-bond donors (Lipinski definition) is 2. The van der Waals surface area contributed by atoms with Gasteiger partial charge in [-0.05, 0) is 35.9 Å². The third-order valence-electron chi connectivity index (χ3n) is 3.75. The van der Waals surface area contributed by atoms with Crippen LogP contribution in [-0.2, 0) is 11.3 Å². The van der Waals surface area contributed by atoms with Crippen LogP contribution in [0.5, 0.6) is 0 Å². The summed E-state index contributed by atoms with van der Waals surface area (Å²) in [5.74, 6) is -0.483. The van der Waals surface area contributed by atoms with Crippen molar-refractivity contribution in [3.05, 3.63) is 77.0 Å². The zero-order valence-corrected chi connectivity index (χ0v) is 15.6. The predicted molar refractivity (Wildman–Crippen MR) is 104 cm³/mol. The van der Waals surface area contributed by atoms with Gasteiger partial charge < -0.3 is 15.4 Å². The predicted octanol–water partition coefficient (Wildman–Crippen LogP) is 2.99. The summed E-state index contributed by atoms with van der Waals surface area (Å²) in [6, 6.07) is 9.77. The molecule has 8 nitrogen and oxygen atoms in total. The molecule has 28 heavy (non-hydrogen) atoms. The van der Waals surface area contributed by atoms with E-state index in [1.807, 2.05) is 12.1 Å². The molecule has 0 aliphatic heterocycles. The Morgan fingerprint density at radius 2 is 1.89 bits per heavy atom. The second kappa shape index (κ2) is 8.92. The van der Waals surface area contributed by atoms with Gasteiger partial charge >= 0.3 is 5.97 Å². The lowest BCUT2D eigenvalue weighted by Gasteiger charge is -2.10. The molecule has 0 spiro atoms. The number of aromatic nitrogens is 3. The summed E-state index contributed by atoms with van der Waals surface area (Å²) in [4.78, 5) is 36.0. The molecule has 2 aromatic heterocycles. The number of rotatable bonds is 6. The van der Waals surface area contributed by atoms with Gasteiger partial charge in [-0.2, -0.15) is 0 Å². The number of benzene rings is 1. The van der Waals surface area contributed by atoms with Crippen molar-refractivity contribution in [2.45, 2.75) is 6.54 Å². The number of hydrogen-bond acceptors (Lipinski definition) is 7. The Labute approximate surface area is 166 Å². The molecule has 3 aromatic rings. The quantitative estimate of drug-likeness (QED) is 0.616. The van der Waals surface area contributed by atoms with Gasteiger partial charge in [-0.3, -0.25) is 9.78 Å². The summed E-state index contributed by atoms with van der Waals surface area (Å²) in [6.45, 7) is 0.348. The van der Waals surface area contributed by atoms with E-state index in [0.29, 0.717) is 28.6 Å². The van der Waals surface area contributed by atoms with E-state index >= 15 is 0 Å². The van der Waals surface area contributed by atoms with Crippen LogP contribution in [0.2, 0.25) is 5.02 Å². The highest BCUT2D eigenvalue weighted by molar-refractivity contribution is 6.33. The van der Waals surface area contributed by atoms with E-state index in [-0.39, 0.29) is 11.6 Å². The summed E-state index contributed by atoms with van der Waals surface area (Å²) < 4.78 is 4.70. The average Bonchev–Trinajstić information content (AvgIpc) is 2.74. The van der Waals surface area contributed by atoms with Crippen molar-refractivity contribution < 1.29 is 14.3 Å². The van der Waals surface area contributed by atoms with Gasteiger partial charge in [0, 0.05) is 25.0 Å². The Hall–Kier alpha value is -3.52. The SMILES string of the molecule is COC(=O)c1ccc(Cl)c(Nc2cc(C(=O)NCc3ccncc3)ncn2)c1. The molecule has 0 aliphatic carbocycles. The van der Waals surface area contributed by atoms with Crippen LogP contribution in [0.1, 0.15) is 26.4 Å². The van der Waals surface area contributed by atoms with E-state index in [9.17, 15) is 9.59 Å². The fourth-order valence-corrected chi connectivity index (χ4v) is 2.49. The van der Waals surface area contributed by atoms with E-state index in [2.05, 4.69) is 25.6 Å². The van der Waals surface area contributed by atoms with E-state index in [4.69, 9.17) is 16.3 Å². The van der Waals surface area contributed by atoms with Gasteiger partial charge in [-0.25, -0.2) is 14.8 Å². The summed E-state index contributed by atoms with van der Waals surface area (Å²) >= 11 is 6.17. The van der Waals surface area contributed by atoms with Crippen molar-refractivity contribution in [2.24, 2.45) is 0 Å². The Balaban J connectivity index is 1.73. The molecule has 0 saturated carbocycles. The zero-order chi connectivity index (χ0) is 19.9. The smallest absolute Gasteiger partial charge is 0.337 e. The Bertz CT molecular complexity index is 998. The first kappa shape index (κ1) is 19.2. The van der Waals surface area contributed by atoms with Gasteiger partial charge in [0.15, 0.2) is 0 Å². The Morgan fingerprint density at radius 3 is 2.64 bits per heavy atom. The molecule has 2 N–H and O–H groups in total. The van der Waals surface area contributed by atoms with Gasteiger partial charge in [-0.15, -0.1) is 0 Å². The van der Waals surface area contributed by atoms with Gasteiger partial charge in [0.1, 0.15) is 17.8 Å². The van der Waals surface area contributed by atoms with E-state index in [1.54, 1.807) is 30.6 Å². The third kappa shape index (κ3) is 4.80. The summed E-state index contributed by atoms with van der Waals surface area (Å²) in [5, 5.41) is 6.14. The number of carbonyl (C=O) groups excluding carboxylic acids is 2. The fraction of sp³-hybridized carbons (Fsp3) is 0.105. The lowest BCUT2D eigenvalue weighted by atomic mass is 10.2. The molecular formula is C19H16ClN5O3. The normalized spacial score (nSPS) is 10.2. The van der Waals surface area contributed by atoms with Crippen LogP contribution >= 0.6 is 11.6 Å². The lowest BCUT2D eigenvalue weighted by molar-refractivity contribution is 0.0600. The maximum absolute atomic E-state index is 12.3. The van der Waals surface area contributed by atoms with Crippen LogP contribution in [0.3, 0.4) is 0 Å².